The molecular weight excluding hydrogens is 332 g/mol. The number of rotatable bonds is 13. The molecule has 0 saturated carbocycles. The first-order valence-corrected chi connectivity index (χ1v) is 9.96. The van der Waals surface area contributed by atoms with E-state index in [1.165, 1.54) is 44.6 Å². The molecule has 2 N–H and O–H groups in total. The zero-order chi connectivity index (χ0) is 19.4. The van der Waals surface area contributed by atoms with Crippen molar-refractivity contribution in [3.8, 4) is 17.2 Å². The number of hydrogen-bond acceptors (Lipinski definition) is 4. The standard InChI is InChI=1S/C21H34O5/c1-4-7-8-9-10-11-12-13-14-25-18-15-19(26-21(23)24)20(22)17(6-3)16(18)5-2/h15,22H,4-14H2,1-3H3,(H,23,24). The predicted octanol–water partition coefficient (Wildman–Crippen LogP) is 6.09. The summed E-state index contributed by atoms with van der Waals surface area (Å²) in [5.74, 6) is 0.449. The Morgan fingerprint density at radius 2 is 1.46 bits per heavy atom. The fraction of sp³-hybridized carbons (Fsp3) is 0.667. The lowest BCUT2D eigenvalue weighted by Crippen LogP contribution is -2.07. The van der Waals surface area contributed by atoms with Gasteiger partial charge < -0.3 is 19.7 Å². The minimum Gasteiger partial charge on any atom is -0.504 e. The Morgan fingerprint density at radius 3 is 2.00 bits per heavy atom. The molecule has 0 saturated heterocycles. The first-order chi connectivity index (χ1) is 12.5. The van der Waals surface area contributed by atoms with E-state index in [1.54, 1.807) is 0 Å². The third-order valence-corrected chi connectivity index (χ3v) is 4.60. The molecule has 5 heteroatoms. The highest BCUT2D eigenvalue weighted by molar-refractivity contribution is 5.66. The van der Waals surface area contributed by atoms with Crippen LogP contribution in [0.3, 0.4) is 0 Å². The molecule has 0 aliphatic rings. The molecule has 1 aromatic carbocycles. The molecule has 0 spiro atoms. The normalized spacial score (nSPS) is 10.7. The van der Waals surface area contributed by atoms with Crippen molar-refractivity contribution in [1.29, 1.82) is 0 Å². The van der Waals surface area contributed by atoms with E-state index in [2.05, 4.69) is 6.92 Å². The third-order valence-electron chi connectivity index (χ3n) is 4.60. The maximum atomic E-state index is 10.8. The summed E-state index contributed by atoms with van der Waals surface area (Å²) in [4.78, 5) is 10.8. The highest BCUT2D eigenvalue weighted by Crippen LogP contribution is 2.39. The Labute approximate surface area is 157 Å². The van der Waals surface area contributed by atoms with Crippen LogP contribution in [0.2, 0.25) is 0 Å². The number of carbonyl (C=O) groups is 1. The van der Waals surface area contributed by atoms with Crippen molar-refractivity contribution in [3.63, 3.8) is 0 Å². The lowest BCUT2D eigenvalue weighted by atomic mass is 10.00. The van der Waals surface area contributed by atoms with Crippen molar-refractivity contribution < 1.29 is 24.5 Å². The molecule has 0 aliphatic carbocycles. The van der Waals surface area contributed by atoms with Crippen molar-refractivity contribution in [2.45, 2.75) is 85.0 Å². The van der Waals surface area contributed by atoms with E-state index in [1.807, 2.05) is 13.8 Å². The highest BCUT2D eigenvalue weighted by Gasteiger charge is 2.19. The van der Waals surface area contributed by atoms with E-state index in [0.717, 1.165) is 18.4 Å². The summed E-state index contributed by atoms with van der Waals surface area (Å²) in [6.45, 7) is 6.72. The first kappa shape index (κ1) is 22.1. The summed E-state index contributed by atoms with van der Waals surface area (Å²) in [6.07, 6.45) is 9.66. The second-order valence-electron chi connectivity index (χ2n) is 6.58. The summed E-state index contributed by atoms with van der Waals surface area (Å²) >= 11 is 0. The molecule has 0 atom stereocenters. The van der Waals surface area contributed by atoms with E-state index in [0.29, 0.717) is 30.8 Å². The molecule has 0 unspecified atom stereocenters. The molecule has 0 fully saturated rings. The lowest BCUT2D eigenvalue weighted by molar-refractivity contribution is 0.142. The fourth-order valence-corrected chi connectivity index (χ4v) is 3.20. The van der Waals surface area contributed by atoms with Gasteiger partial charge in [0.2, 0.25) is 0 Å². The van der Waals surface area contributed by atoms with E-state index in [-0.39, 0.29) is 11.5 Å². The van der Waals surface area contributed by atoms with E-state index < -0.39 is 6.16 Å². The minimum atomic E-state index is -1.44. The molecule has 5 nitrogen and oxygen atoms in total. The van der Waals surface area contributed by atoms with Gasteiger partial charge in [0, 0.05) is 17.2 Å². The SMILES string of the molecule is CCCCCCCCCCOc1cc(OC(=O)O)c(O)c(CC)c1CC. The number of hydrogen-bond donors (Lipinski definition) is 2. The number of aromatic hydroxyl groups is 1. The van der Waals surface area contributed by atoms with Crippen molar-refractivity contribution in [2.75, 3.05) is 6.61 Å². The smallest absolute Gasteiger partial charge is 0.504 e. The number of phenols is 1. The van der Waals surface area contributed by atoms with Crippen molar-refractivity contribution in [2.24, 2.45) is 0 Å². The van der Waals surface area contributed by atoms with Crippen LogP contribution in [0.25, 0.3) is 0 Å². The van der Waals surface area contributed by atoms with E-state index in [9.17, 15) is 9.90 Å². The van der Waals surface area contributed by atoms with Gasteiger partial charge in [-0.05, 0) is 19.3 Å². The summed E-state index contributed by atoms with van der Waals surface area (Å²) < 4.78 is 10.6. The van der Waals surface area contributed by atoms with Gasteiger partial charge in [0.1, 0.15) is 5.75 Å². The van der Waals surface area contributed by atoms with Crippen LogP contribution in [0.5, 0.6) is 17.2 Å². The van der Waals surface area contributed by atoms with E-state index in [4.69, 9.17) is 14.6 Å². The number of ether oxygens (including phenoxy) is 2. The van der Waals surface area contributed by atoms with Gasteiger partial charge in [0.25, 0.3) is 0 Å². The molecule has 1 rings (SSSR count). The number of benzene rings is 1. The van der Waals surface area contributed by atoms with Crippen molar-refractivity contribution in [3.05, 3.63) is 17.2 Å². The molecule has 26 heavy (non-hydrogen) atoms. The largest absolute Gasteiger partial charge is 0.511 e. The average molecular weight is 366 g/mol. The first-order valence-electron chi connectivity index (χ1n) is 9.96. The van der Waals surface area contributed by atoms with Crippen LogP contribution >= 0.6 is 0 Å². The second kappa shape index (κ2) is 12.4. The lowest BCUT2D eigenvalue weighted by Gasteiger charge is -2.17. The molecule has 0 heterocycles. The second-order valence-corrected chi connectivity index (χ2v) is 6.58. The van der Waals surface area contributed by atoms with Crippen molar-refractivity contribution in [1.82, 2.24) is 0 Å². The van der Waals surface area contributed by atoms with Crippen LogP contribution in [0.15, 0.2) is 6.07 Å². The molecular formula is C21H34O5. The molecule has 0 aliphatic heterocycles. The van der Waals surface area contributed by atoms with Crippen molar-refractivity contribution >= 4 is 6.16 Å². The van der Waals surface area contributed by atoms with Gasteiger partial charge in [-0.25, -0.2) is 4.79 Å². The van der Waals surface area contributed by atoms with Crippen LogP contribution in [0.4, 0.5) is 4.79 Å². The quantitative estimate of drug-likeness (QED) is 0.251. The maximum Gasteiger partial charge on any atom is 0.511 e. The highest BCUT2D eigenvalue weighted by atomic mass is 16.7. The van der Waals surface area contributed by atoms with Crippen LogP contribution in [-0.2, 0) is 12.8 Å². The Kier molecular flexibility index (Phi) is 10.6. The topological polar surface area (TPSA) is 76.0 Å². The number of unbranched alkanes of at least 4 members (excludes halogenated alkanes) is 7. The predicted molar refractivity (Wildman–Crippen MR) is 104 cm³/mol. The van der Waals surface area contributed by atoms with Crippen LogP contribution in [0, 0.1) is 0 Å². The Morgan fingerprint density at radius 1 is 0.885 bits per heavy atom. The molecule has 0 amide bonds. The van der Waals surface area contributed by atoms with Gasteiger partial charge in [-0.2, -0.15) is 0 Å². The monoisotopic (exact) mass is 366 g/mol. The molecule has 0 radical (unpaired) electrons. The van der Waals surface area contributed by atoms with Gasteiger partial charge in [-0.1, -0.05) is 65.7 Å². The molecule has 1 aromatic rings. The summed E-state index contributed by atoms with van der Waals surface area (Å²) in [6, 6.07) is 1.49. The van der Waals surface area contributed by atoms with Gasteiger partial charge in [-0.3, -0.25) is 0 Å². The van der Waals surface area contributed by atoms with Crippen LogP contribution < -0.4 is 9.47 Å². The molecule has 148 valence electrons. The maximum absolute atomic E-state index is 10.8. The van der Waals surface area contributed by atoms with Gasteiger partial charge in [0.15, 0.2) is 11.5 Å². The third kappa shape index (κ3) is 7.14. The zero-order valence-electron chi connectivity index (χ0n) is 16.5. The van der Waals surface area contributed by atoms with Gasteiger partial charge in [-0.15, -0.1) is 0 Å². The van der Waals surface area contributed by atoms with Gasteiger partial charge >= 0.3 is 6.16 Å². The Bertz CT molecular complexity index is 554. The average Bonchev–Trinajstić information content (AvgIpc) is 2.61. The molecule has 0 bridgehead atoms. The van der Waals surface area contributed by atoms with Gasteiger partial charge in [0.05, 0.1) is 6.61 Å². The fourth-order valence-electron chi connectivity index (χ4n) is 3.20. The summed E-state index contributed by atoms with van der Waals surface area (Å²) in [5.41, 5.74) is 1.61. The molecule has 0 aromatic heterocycles. The minimum absolute atomic E-state index is 0.0579. The van der Waals surface area contributed by atoms with E-state index >= 15 is 0 Å². The van der Waals surface area contributed by atoms with Crippen LogP contribution in [-0.4, -0.2) is 23.0 Å². The number of phenolic OH excluding ortho intramolecular Hbond substituents is 1. The number of carboxylic acid groups (broad SMARTS) is 1. The summed E-state index contributed by atoms with van der Waals surface area (Å²) in [7, 11) is 0. The zero-order valence-corrected chi connectivity index (χ0v) is 16.5. The van der Waals surface area contributed by atoms with Crippen LogP contribution in [0.1, 0.15) is 83.3 Å². The summed E-state index contributed by atoms with van der Waals surface area (Å²) in [5, 5.41) is 19.1. The Balaban J connectivity index is 2.60. The Hall–Kier alpha value is -1.91.